The molecule has 2 aliphatic heterocycles. The second kappa shape index (κ2) is 10.6. The predicted octanol–water partition coefficient (Wildman–Crippen LogP) is 2.96. The molecule has 0 aromatic heterocycles. The molecule has 0 spiro atoms. The van der Waals surface area contributed by atoms with Gasteiger partial charge in [0.1, 0.15) is 0 Å². The van der Waals surface area contributed by atoms with Crippen molar-refractivity contribution in [3.63, 3.8) is 0 Å². The summed E-state index contributed by atoms with van der Waals surface area (Å²) in [5.74, 6) is -0.131. The van der Waals surface area contributed by atoms with Crippen LogP contribution < -0.4 is 10.2 Å². The van der Waals surface area contributed by atoms with Gasteiger partial charge in [-0.2, -0.15) is 0 Å². The number of halogens is 1. The highest BCUT2D eigenvalue weighted by atomic mass is 35.5. The van der Waals surface area contributed by atoms with E-state index in [1.54, 1.807) is 6.21 Å². The Labute approximate surface area is 178 Å². The zero-order valence-corrected chi connectivity index (χ0v) is 18.0. The van der Waals surface area contributed by atoms with Crippen LogP contribution in [-0.2, 0) is 11.2 Å². The largest absolute Gasteiger partial charge is 0.368 e. The number of rotatable bonds is 8. The lowest BCUT2D eigenvalue weighted by Gasteiger charge is -2.36. The summed E-state index contributed by atoms with van der Waals surface area (Å²) in [4.78, 5) is 24.9. The van der Waals surface area contributed by atoms with E-state index in [1.807, 2.05) is 6.92 Å². The van der Waals surface area contributed by atoms with Crippen LogP contribution in [0.25, 0.3) is 0 Å². The minimum atomic E-state index is -0.596. The maximum Gasteiger partial charge on any atom is 0.267 e. The van der Waals surface area contributed by atoms with Crippen molar-refractivity contribution in [3.8, 4) is 0 Å². The molecule has 6 nitrogen and oxygen atoms in total. The second-order valence-corrected chi connectivity index (χ2v) is 7.74. The van der Waals surface area contributed by atoms with E-state index >= 15 is 0 Å². The fourth-order valence-corrected chi connectivity index (χ4v) is 3.91. The molecule has 0 saturated carbocycles. The molecular weight excluding hydrogens is 386 g/mol. The molecule has 29 heavy (non-hydrogen) atoms. The molecule has 1 unspecified atom stereocenters. The van der Waals surface area contributed by atoms with Gasteiger partial charge >= 0.3 is 0 Å². The second-order valence-electron chi connectivity index (χ2n) is 7.36. The van der Waals surface area contributed by atoms with E-state index in [4.69, 9.17) is 11.6 Å². The summed E-state index contributed by atoms with van der Waals surface area (Å²) in [5, 5.41) is 3.78. The Morgan fingerprint density at radius 1 is 1.28 bits per heavy atom. The lowest BCUT2D eigenvalue weighted by molar-refractivity contribution is -0.121. The average Bonchev–Trinajstić information content (AvgIpc) is 3.17. The molecule has 1 fully saturated rings. The highest BCUT2D eigenvalue weighted by Gasteiger charge is 2.19. The van der Waals surface area contributed by atoms with E-state index < -0.39 is 6.17 Å². The lowest BCUT2D eigenvalue weighted by Crippen LogP contribution is -2.46. The maximum absolute atomic E-state index is 11.9. The molecule has 1 atom stereocenters. The van der Waals surface area contributed by atoms with Crippen molar-refractivity contribution >= 4 is 35.1 Å². The van der Waals surface area contributed by atoms with Crippen LogP contribution in [0, 0.1) is 0 Å². The summed E-state index contributed by atoms with van der Waals surface area (Å²) in [6.07, 6.45) is 7.12. The molecule has 1 aromatic carbocycles. The molecule has 0 bridgehead atoms. The van der Waals surface area contributed by atoms with Crippen LogP contribution >= 0.6 is 11.6 Å². The van der Waals surface area contributed by atoms with E-state index in [0.717, 1.165) is 62.0 Å². The number of aryl methyl sites for hydroxylation is 1. The van der Waals surface area contributed by atoms with Crippen molar-refractivity contribution in [1.82, 2.24) is 10.2 Å². The third kappa shape index (κ3) is 5.90. The van der Waals surface area contributed by atoms with E-state index in [2.05, 4.69) is 62.4 Å². The standard InChI is InChI=1S/C22H30ClN5O/c1-3-18-8-7-9-19(20(18)23)28-14-12-27(13-15-28)11-6-4-5-10-24-22(29)21-25-16-17(2)26-21/h4,6-9,16,21H,3,5,10-15H2,1-2H3,(H,24,29)/b6-4+. The van der Waals surface area contributed by atoms with E-state index in [1.165, 1.54) is 5.56 Å². The van der Waals surface area contributed by atoms with Crippen LogP contribution in [0.3, 0.4) is 0 Å². The van der Waals surface area contributed by atoms with Crippen LogP contribution in [0.1, 0.15) is 25.8 Å². The number of hydrogen-bond donors (Lipinski definition) is 1. The fourth-order valence-electron chi connectivity index (χ4n) is 3.53. The van der Waals surface area contributed by atoms with E-state index in [-0.39, 0.29) is 5.91 Å². The van der Waals surface area contributed by atoms with Gasteiger partial charge in [-0.1, -0.05) is 42.8 Å². The Kier molecular flexibility index (Phi) is 7.83. The summed E-state index contributed by atoms with van der Waals surface area (Å²) in [7, 11) is 0. The van der Waals surface area contributed by atoms with Crippen molar-refractivity contribution in [3.05, 3.63) is 40.9 Å². The molecule has 1 amide bonds. The highest BCUT2D eigenvalue weighted by Crippen LogP contribution is 2.30. The summed E-state index contributed by atoms with van der Waals surface area (Å²) in [5.41, 5.74) is 3.16. The maximum atomic E-state index is 11.9. The van der Waals surface area contributed by atoms with Crippen molar-refractivity contribution in [2.24, 2.45) is 9.98 Å². The number of nitrogens with zero attached hydrogens (tertiary/aromatic N) is 4. The number of nitrogens with one attached hydrogen (secondary N) is 1. The number of carbonyl (C=O) groups is 1. The molecule has 7 heteroatoms. The smallest absolute Gasteiger partial charge is 0.267 e. The van der Waals surface area contributed by atoms with E-state index in [9.17, 15) is 4.79 Å². The third-order valence-corrected chi connectivity index (χ3v) is 5.69. The van der Waals surface area contributed by atoms with Gasteiger partial charge in [-0.15, -0.1) is 0 Å². The number of amides is 1. The molecule has 1 N–H and O–H groups in total. The summed E-state index contributed by atoms with van der Waals surface area (Å²) in [6, 6.07) is 6.32. The van der Waals surface area contributed by atoms with Gasteiger partial charge in [-0.3, -0.25) is 19.7 Å². The van der Waals surface area contributed by atoms with Gasteiger partial charge < -0.3 is 10.2 Å². The van der Waals surface area contributed by atoms with Crippen LogP contribution in [0.15, 0.2) is 40.3 Å². The number of piperazine rings is 1. The topological polar surface area (TPSA) is 60.3 Å². The van der Waals surface area contributed by atoms with Gasteiger partial charge in [-0.25, -0.2) is 0 Å². The average molecular weight is 416 g/mol. The van der Waals surface area contributed by atoms with Crippen LogP contribution in [0.4, 0.5) is 5.69 Å². The Bertz CT molecular complexity index is 796. The third-order valence-electron chi connectivity index (χ3n) is 5.26. The summed E-state index contributed by atoms with van der Waals surface area (Å²) in [6.45, 7) is 9.53. The summed E-state index contributed by atoms with van der Waals surface area (Å²) >= 11 is 6.57. The normalized spacial score (nSPS) is 19.8. The first-order valence-electron chi connectivity index (χ1n) is 10.3. The first-order valence-corrected chi connectivity index (χ1v) is 10.7. The predicted molar refractivity (Wildman–Crippen MR) is 122 cm³/mol. The van der Waals surface area contributed by atoms with E-state index in [0.29, 0.717) is 6.54 Å². The zero-order chi connectivity index (χ0) is 20.6. The Hall–Kier alpha value is -2.18. The quantitative estimate of drug-likeness (QED) is 0.524. The molecule has 0 aliphatic carbocycles. The Morgan fingerprint density at radius 2 is 2.07 bits per heavy atom. The minimum Gasteiger partial charge on any atom is -0.368 e. The van der Waals surface area contributed by atoms with Crippen molar-refractivity contribution < 1.29 is 4.79 Å². The number of aliphatic imine (C=N–C) groups is 2. The van der Waals surface area contributed by atoms with Gasteiger partial charge in [0.25, 0.3) is 5.91 Å². The molecule has 3 rings (SSSR count). The molecule has 2 heterocycles. The molecule has 1 saturated heterocycles. The van der Waals surface area contributed by atoms with Gasteiger partial charge in [0.15, 0.2) is 0 Å². The fraction of sp³-hybridized carbons (Fsp3) is 0.500. The molecule has 0 radical (unpaired) electrons. The van der Waals surface area contributed by atoms with Crippen LogP contribution in [0.2, 0.25) is 5.02 Å². The molecule has 1 aromatic rings. The zero-order valence-electron chi connectivity index (χ0n) is 17.3. The van der Waals surface area contributed by atoms with Gasteiger partial charge in [0.2, 0.25) is 6.17 Å². The number of carbonyl (C=O) groups excluding carboxylic acids is 1. The number of anilines is 1. The minimum absolute atomic E-state index is 0.131. The Morgan fingerprint density at radius 3 is 2.76 bits per heavy atom. The van der Waals surface area contributed by atoms with Crippen LogP contribution in [0.5, 0.6) is 0 Å². The molecule has 156 valence electrons. The first kappa shape index (κ1) is 21.5. The Balaban J connectivity index is 1.34. The summed E-state index contributed by atoms with van der Waals surface area (Å²) < 4.78 is 0. The van der Waals surface area contributed by atoms with Crippen molar-refractivity contribution in [2.45, 2.75) is 32.9 Å². The monoisotopic (exact) mass is 415 g/mol. The van der Waals surface area contributed by atoms with Crippen molar-refractivity contribution in [1.29, 1.82) is 0 Å². The molecule has 2 aliphatic rings. The van der Waals surface area contributed by atoms with Gasteiger partial charge in [0.05, 0.1) is 16.4 Å². The van der Waals surface area contributed by atoms with Gasteiger partial charge in [0, 0.05) is 45.5 Å². The number of hydrogen-bond acceptors (Lipinski definition) is 5. The highest BCUT2D eigenvalue weighted by molar-refractivity contribution is 6.34. The number of benzene rings is 1. The lowest BCUT2D eigenvalue weighted by atomic mass is 10.1. The van der Waals surface area contributed by atoms with Crippen LogP contribution in [-0.4, -0.2) is 68.2 Å². The first-order chi connectivity index (χ1) is 14.1. The van der Waals surface area contributed by atoms with Gasteiger partial charge in [-0.05, 0) is 31.4 Å². The molecular formula is C22H30ClN5O. The van der Waals surface area contributed by atoms with Crippen molar-refractivity contribution in [2.75, 3.05) is 44.2 Å². The SMILES string of the molecule is CCc1cccc(N2CCN(C/C=C/CCNC(=O)C3N=CC(C)=N3)CC2)c1Cl.